The zero-order valence-corrected chi connectivity index (χ0v) is 28.4. The molecule has 0 aliphatic rings. The maximum absolute atomic E-state index is 13.6. The van der Waals surface area contributed by atoms with Crippen molar-refractivity contribution in [2.45, 2.75) is 17.1 Å². The molecule has 0 saturated carbocycles. The Morgan fingerprint density at radius 3 is 2.52 bits per heavy atom. The van der Waals surface area contributed by atoms with Crippen LogP contribution >= 0.6 is 46.3 Å². The minimum atomic E-state index is -0.502. The van der Waals surface area contributed by atoms with Crippen molar-refractivity contribution in [1.29, 1.82) is 0 Å². The summed E-state index contributed by atoms with van der Waals surface area (Å²) in [6, 6.07) is 28.7. The summed E-state index contributed by atoms with van der Waals surface area (Å²) in [5, 5.41) is 12.2. The fraction of sp³-hybridized carbons (Fsp3) is 0.0556. The van der Waals surface area contributed by atoms with E-state index in [-0.39, 0.29) is 11.6 Å². The van der Waals surface area contributed by atoms with Crippen LogP contribution in [0.4, 0.5) is 10.8 Å². The molecule has 1 atom stereocenters. The minimum Gasteiger partial charge on any atom is -0.361 e. The number of aromatic amines is 1. The number of nitrogens with one attached hydrogen (secondary N) is 4. The Kier molecular flexibility index (Phi) is 10.3. The van der Waals surface area contributed by atoms with Gasteiger partial charge in [0.2, 0.25) is 5.91 Å². The third kappa shape index (κ3) is 7.98. The van der Waals surface area contributed by atoms with Gasteiger partial charge in [-0.05, 0) is 67.6 Å². The number of aromatic nitrogens is 2. The summed E-state index contributed by atoms with van der Waals surface area (Å²) in [6.07, 6.45) is 3.43. The number of rotatable bonds is 10. The average Bonchev–Trinajstić information content (AvgIpc) is 3.72. The molecule has 48 heavy (non-hydrogen) atoms. The zero-order valence-electron chi connectivity index (χ0n) is 25.3. The fourth-order valence-electron chi connectivity index (χ4n) is 4.77. The van der Waals surface area contributed by atoms with Gasteiger partial charge in [0.15, 0.2) is 5.13 Å². The van der Waals surface area contributed by atoms with E-state index < -0.39 is 17.1 Å². The summed E-state index contributed by atoms with van der Waals surface area (Å²) in [7, 11) is 0. The second-order valence-corrected chi connectivity index (χ2v) is 13.7. The maximum atomic E-state index is 13.6. The molecule has 4 N–H and O–H groups in total. The summed E-state index contributed by atoms with van der Waals surface area (Å²) < 4.78 is 0. The van der Waals surface area contributed by atoms with Crippen molar-refractivity contribution >= 4 is 91.8 Å². The van der Waals surface area contributed by atoms with Crippen molar-refractivity contribution < 1.29 is 14.4 Å². The van der Waals surface area contributed by atoms with E-state index in [0.29, 0.717) is 32.1 Å². The standard InChI is InChI=1S/C36H27Cl2N5O3S2/c1-21(33(44)43-36-42-32(20-47-36)28-15-14-24(37)17-29(28)38)48-26-11-7-10-25(18-26)40-35(46)31(41-34(45)22-8-3-2-4-9-22)16-23-19-39-30-13-6-5-12-27(23)30/h2-21,39H,1H3,(H,40,46)(H,41,45)(H,42,43,44)/b31-16-. The molecule has 6 aromatic rings. The predicted molar refractivity (Wildman–Crippen MR) is 197 cm³/mol. The van der Waals surface area contributed by atoms with E-state index in [4.69, 9.17) is 23.2 Å². The van der Waals surface area contributed by atoms with Gasteiger partial charge < -0.3 is 20.9 Å². The Balaban J connectivity index is 1.14. The van der Waals surface area contributed by atoms with Crippen LogP contribution in [0.15, 0.2) is 119 Å². The summed E-state index contributed by atoms with van der Waals surface area (Å²) in [5.41, 5.74) is 4.00. The number of anilines is 2. The highest BCUT2D eigenvalue weighted by Gasteiger charge is 2.19. The lowest BCUT2D eigenvalue weighted by Crippen LogP contribution is -2.30. The molecule has 0 aliphatic heterocycles. The van der Waals surface area contributed by atoms with Crippen molar-refractivity contribution in [2.24, 2.45) is 0 Å². The van der Waals surface area contributed by atoms with Gasteiger partial charge >= 0.3 is 0 Å². The molecule has 3 amide bonds. The molecule has 0 bridgehead atoms. The number of amides is 3. The molecule has 1 unspecified atom stereocenters. The van der Waals surface area contributed by atoms with Crippen LogP contribution in [-0.4, -0.2) is 32.9 Å². The van der Waals surface area contributed by atoms with Crippen LogP contribution in [0.2, 0.25) is 10.0 Å². The quantitative estimate of drug-likeness (QED) is 0.0836. The summed E-state index contributed by atoms with van der Waals surface area (Å²) in [4.78, 5) is 48.2. The van der Waals surface area contributed by atoms with E-state index >= 15 is 0 Å². The SMILES string of the molecule is CC(Sc1cccc(NC(=O)/C(=C/c2c[nH]c3ccccc23)NC(=O)c2ccccc2)c1)C(=O)Nc1nc(-c2ccc(Cl)cc2Cl)cs1. The minimum absolute atomic E-state index is 0.0714. The predicted octanol–water partition coefficient (Wildman–Crippen LogP) is 9.13. The fourth-order valence-corrected chi connectivity index (χ4v) is 6.92. The van der Waals surface area contributed by atoms with Crippen LogP contribution in [-0.2, 0) is 9.59 Å². The van der Waals surface area contributed by atoms with Gasteiger partial charge in [-0.2, -0.15) is 0 Å². The molecule has 2 aromatic heterocycles. The number of carbonyl (C=O) groups is 3. The topological polar surface area (TPSA) is 116 Å². The molecule has 0 spiro atoms. The number of thiazole rings is 1. The largest absolute Gasteiger partial charge is 0.361 e. The van der Waals surface area contributed by atoms with Gasteiger partial charge in [-0.15, -0.1) is 23.1 Å². The van der Waals surface area contributed by atoms with Gasteiger partial charge in [0.25, 0.3) is 11.8 Å². The lowest BCUT2D eigenvalue weighted by molar-refractivity contribution is -0.115. The highest BCUT2D eigenvalue weighted by atomic mass is 35.5. The van der Waals surface area contributed by atoms with Crippen molar-refractivity contribution in [3.63, 3.8) is 0 Å². The van der Waals surface area contributed by atoms with Crippen molar-refractivity contribution in [1.82, 2.24) is 15.3 Å². The molecule has 0 fully saturated rings. The van der Waals surface area contributed by atoms with E-state index in [1.807, 2.05) is 41.8 Å². The van der Waals surface area contributed by atoms with Crippen LogP contribution in [0.5, 0.6) is 0 Å². The monoisotopic (exact) mass is 711 g/mol. The second kappa shape index (κ2) is 14.9. The normalized spacial score (nSPS) is 12.0. The average molecular weight is 713 g/mol. The molecule has 2 heterocycles. The molecular weight excluding hydrogens is 685 g/mol. The third-order valence-corrected chi connectivity index (χ3v) is 9.56. The first-order chi connectivity index (χ1) is 23.2. The number of H-pyrrole nitrogens is 1. The Hall–Kier alpha value is -4.87. The van der Waals surface area contributed by atoms with E-state index in [9.17, 15) is 14.4 Å². The van der Waals surface area contributed by atoms with Gasteiger partial charge in [-0.3, -0.25) is 14.4 Å². The number of hydrogen-bond donors (Lipinski definition) is 4. The number of benzene rings is 4. The zero-order chi connectivity index (χ0) is 33.6. The summed E-state index contributed by atoms with van der Waals surface area (Å²) >= 11 is 15.0. The first kappa shape index (κ1) is 33.0. The van der Waals surface area contributed by atoms with E-state index in [2.05, 4.69) is 25.9 Å². The highest BCUT2D eigenvalue weighted by Crippen LogP contribution is 2.33. The van der Waals surface area contributed by atoms with Gasteiger partial charge in [-0.1, -0.05) is 65.7 Å². The van der Waals surface area contributed by atoms with Crippen LogP contribution < -0.4 is 16.0 Å². The maximum Gasteiger partial charge on any atom is 0.272 e. The molecule has 12 heteroatoms. The summed E-state index contributed by atoms with van der Waals surface area (Å²) in [6.45, 7) is 1.79. The molecule has 240 valence electrons. The van der Waals surface area contributed by atoms with Crippen molar-refractivity contribution in [3.05, 3.63) is 136 Å². The molecule has 0 aliphatic carbocycles. The van der Waals surface area contributed by atoms with Gasteiger partial charge in [-0.25, -0.2) is 4.98 Å². The molecule has 0 radical (unpaired) electrons. The van der Waals surface area contributed by atoms with Gasteiger partial charge in [0, 0.05) is 54.8 Å². The molecule has 0 saturated heterocycles. The van der Waals surface area contributed by atoms with Crippen LogP contribution in [0.3, 0.4) is 0 Å². The van der Waals surface area contributed by atoms with Crippen molar-refractivity contribution in [3.8, 4) is 11.3 Å². The van der Waals surface area contributed by atoms with Crippen molar-refractivity contribution in [2.75, 3.05) is 10.6 Å². The highest BCUT2D eigenvalue weighted by molar-refractivity contribution is 8.00. The van der Waals surface area contributed by atoms with E-state index in [1.165, 1.54) is 23.1 Å². The molecule has 8 nitrogen and oxygen atoms in total. The molecular formula is C36H27Cl2N5O3S2. The lowest BCUT2D eigenvalue weighted by atomic mass is 10.1. The second-order valence-electron chi connectivity index (χ2n) is 10.6. The van der Waals surface area contributed by atoms with Crippen LogP contribution in [0, 0.1) is 0 Å². The number of nitrogens with zero attached hydrogens (tertiary/aromatic N) is 1. The smallest absolute Gasteiger partial charge is 0.272 e. The lowest BCUT2D eigenvalue weighted by Gasteiger charge is -2.13. The number of carbonyl (C=O) groups excluding carboxylic acids is 3. The number of fused-ring (bicyclic) bond motifs is 1. The van der Waals surface area contributed by atoms with Crippen LogP contribution in [0.1, 0.15) is 22.8 Å². The number of para-hydroxylation sites is 1. The summed E-state index contributed by atoms with van der Waals surface area (Å²) in [5.74, 6) is -1.15. The van der Waals surface area contributed by atoms with Gasteiger partial charge in [0.1, 0.15) is 5.70 Å². The van der Waals surface area contributed by atoms with Gasteiger partial charge in [0.05, 0.1) is 16.0 Å². The number of hydrogen-bond acceptors (Lipinski definition) is 6. The Labute approximate surface area is 294 Å². The Morgan fingerprint density at radius 1 is 0.917 bits per heavy atom. The van der Waals surface area contributed by atoms with E-state index in [0.717, 1.165) is 26.9 Å². The van der Waals surface area contributed by atoms with Crippen LogP contribution in [0.25, 0.3) is 28.2 Å². The Morgan fingerprint density at radius 2 is 1.71 bits per heavy atom. The Bertz CT molecular complexity index is 2160. The van der Waals surface area contributed by atoms with E-state index in [1.54, 1.807) is 79.9 Å². The number of thioether (sulfide) groups is 1. The first-order valence-corrected chi connectivity index (χ1v) is 17.2. The third-order valence-electron chi connectivity index (χ3n) is 7.17. The first-order valence-electron chi connectivity index (χ1n) is 14.7. The number of halogens is 2. The molecule has 6 rings (SSSR count). The molecule has 4 aromatic carbocycles.